The third kappa shape index (κ3) is 5.00. The van der Waals surface area contributed by atoms with Crippen LogP contribution in [0.25, 0.3) is 0 Å². The van der Waals surface area contributed by atoms with Crippen LogP contribution in [0.3, 0.4) is 0 Å². The van der Waals surface area contributed by atoms with E-state index >= 15 is 0 Å². The van der Waals surface area contributed by atoms with Gasteiger partial charge < -0.3 is 5.32 Å². The normalized spacial score (nSPS) is 12.6. The van der Waals surface area contributed by atoms with E-state index in [-0.39, 0.29) is 18.4 Å². The molecule has 0 fully saturated rings. The molecule has 0 amide bonds. The summed E-state index contributed by atoms with van der Waals surface area (Å²) in [4.78, 5) is 0. The fourth-order valence-corrected chi connectivity index (χ4v) is 2.65. The Bertz CT molecular complexity index is 599. The number of hydrogen-bond donors (Lipinski definition) is 1. The molecule has 2 rings (SSSR count). The van der Waals surface area contributed by atoms with Gasteiger partial charge in [0.25, 0.3) is 0 Å². The highest BCUT2D eigenvalue weighted by Crippen LogP contribution is 2.29. The molecule has 0 bridgehead atoms. The maximum atomic E-state index is 12.5. The summed E-state index contributed by atoms with van der Waals surface area (Å²) in [7, 11) is 0. The summed E-state index contributed by atoms with van der Waals surface area (Å²) >= 11 is 3.49. The van der Waals surface area contributed by atoms with Gasteiger partial charge in [-0.2, -0.15) is 13.2 Å². The van der Waals surface area contributed by atoms with Crippen molar-refractivity contribution in [1.29, 1.82) is 0 Å². The smallest absolute Gasteiger partial charge is 0.306 e. The molecule has 6 heteroatoms. The molecule has 0 saturated carbocycles. The highest BCUT2D eigenvalue weighted by Gasteiger charge is 2.29. The molecule has 1 nitrogen and oxygen atoms in total. The van der Waals surface area contributed by atoms with Gasteiger partial charge in [-0.25, -0.2) is 0 Å². The Balaban J connectivity index is 0.00000242. The van der Waals surface area contributed by atoms with Gasteiger partial charge in [0.15, 0.2) is 0 Å². The molecule has 22 heavy (non-hydrogen) atoms. The second-order valence-corrected chi connectivity index (χ2v) is 5.67. The van der Waals surface area contributed by atoms with Crippen LogP contribution in [0, 0.1) is 0 Å². The van der Waals surface area contributed by atoms with Crippen LogP contribution in [-0.2, 0) is 12.7 Å². The standard InChI is InChI=1S/C16H15BrF3N.ClH/c1-11(14-4-2-3-5-15(14)17)21-10-12-6-8-13(9-7-12)16(18,19)20;/h2-9,11,21H,10H2,1H3;1H. The molecule has 2 aromatic carbocycles. The third-order valence-electron chi connectivity index (χ3n) is 3.27. The molecule has 120 valence electrons. The Kier molecular flexibility index (Phi) is 6.91. The quantitative estimate of drug-likeness (QED) is 0.697. The monoisotopic (exact) mass is 393 g/mol. The summed E-state index contributed by atoms with van der Waals surface area (Å²) in [5.74, 6) is 0. The number of hydrogen-bond acceptors (Lipinski definition) is 1. The molecule has 0 aliphatic heterocycles. The molecule has 0 aliphatic carbocycles. The summed E-state index contributed by atoms with van der Waals surface area (Å²) in [6.07, 6.45) is -4.28. The van der Waals surface area contributed by atoms with Crippen LogP contribution in [0.4, 0.5) is 13.2 Å². The topological polar surface area (TPSA) is 12.0 Å². The van der Waals surface area contributed by atoms with Crippen LogP contribution in [0.2, 0.25) is 0 Å². The molecule has 0 aromatic heterocycles. The summed E-state index contributed by atoms with van der Waals surface area (Å²) in [5, 5.41) is 3.30. The van der Waals surface area contributed by atoms with Gasteiger partial charge in [-0.3, -0.25) is 0 Å². The molecule has 0 aliphatic rings. The Hall–Kier alpha value is -1.04. The van der Waals surface area contributed by atoms with Crippen molar-refractivity contribution < 1.29 is 13.2 Å². The number of rotatable bonds is 4. The fraction of sp³-hybridized carbons (Fsp3) is 0.250. The second kappa shape index (κ2) is 7.99. The van der Waals surface area contributed by atoms with Crippen molar-refractivity contribution in [2.24, 2.45) is 0 Å². The van der Waals surface area contributed by atoms with Crippen LogP contribution in [0.5, 0.6) is 0 Å². The van der Waals surface area contributed by atoms with Crippen LogP contribution >= 0.6 is 28.3 Å². The minimum absolute atomic E-state index is 0. The van der Waals surface area contributed by atoms with E-state index in [2.05, 4.69) is 21.2 Å². The number of halogens is 5. The minimum Gasteiger partial charge on any atom is -0.306 e. The van der Waals surface area contributed by atoms with E-state index in [0.717, 1.165) is 27.7 Å². The van der Waals surface area contributed by atoms with E-state index in [1.807, 2.05) is 31.2 Å². The van der Waals surface area contributed by atoms with E-state index in [1.165, 1.54) is 12.1 Å². The van der Waals surface area contributed by atoms with E-state index < -0.39 is 11.7 Å². The molecule has 1 atom stereocenters. The molecule has 0 heterocycles. The Labute approximate surface area is 142 Å². The molecule has 1 N–H and O–H groups in total. The lowest BCUT2D eigenvalue weighted by Crippen LogP contribution is -2.18. The first kappa shape index (κ1) is 19.0. The average Bonchev–Trinajstić information content (AvgIpc) is 2.45. The molecule has 0 saturated heterocycles. The first-order valence-electron chi connectivity index (χ1n) is 6.52. The van der Waals surface area contributed by atoms with Crippen molar-refractivity contribution in [2.45, 2.75) is 25.7 Å². The number of alkyl halides is 3. The van der Waals surface area contributed by atoms with Crippen LogP contribution in [-0.4, -0.2) is 0 Å². The van der Waals surface area contributed by atoms with Crippen LogP contribution in [0.1, 0.15) is 29.7 Å². The maximum Gasteiger partial charge on any atom is 0.416 e. The average molecular weight is 395 g/mol. The second-order valence-electron chi connectivity index (χ2n) is 4.82. The molecule has 0 spiro atoms. The zero-order valence-electron chi connectivity index (χ0n) is 11.8. The summed E-state index contributed by atoms with van der Waals surface area (Å²) in [6.45, 7) is 2.53. The van der Waals surface area contributed by atoms with Gasteiger partial charge in [0, 0.05) is 17.1 Å². The van der Waals surface area contributed by atoms with Gasteiger partial charge in [-0.1, -0.05) is 46.3 Å². The minimum atomic E-state index is -4.28. The number of nitrogens with one attached hydrogen (secondary N) is 1. The molecule has 2 aromatic rings. The van der Waals surface area contributed by atoms with Gasteiger partial charge in [-0.15, -0.1) is 12.4 Å². The van der Waals surface area contributed by atoms with E-state index in [4.69, 9.17) is 0 Å². The van der Waals surface area contributed by atoms with Crippen molar-refractivity contribution in [2.75, 3.05) is 0 Å². The SMILES string of the molecule is CC(NCc1ccc(C(F)(F)F)cc1)c1ccccc1Br.Cl. The number of benzene rings is 2. The van der Waals surface area contributed by atoms with Crippen LogP contribution in [0.15, 0.2) is 53.0 Å². The van der Waals surface area contributed by atoms with Crippen molar-refractivity contribution in [3.63, 3.8) is 0 Å². The largest absolute Gasteiger partial charge is 0.416 e. The Morgan fingerprint density at radius 3 is 2.18 bits per heavy atom. The fourth-order valence-electron chi connectivity index (χ4n) is 2.02. The first-order chi connectivity index (χ1) is 9.88. The zero-order chi connectivity index (χ0) is 15.5. The van der Waals surface area contributed by atoms with Gasteiger partial charge in [0.1, 0.15) is 0 Å². The van der Waals surface area contributed by atoms with Gasteiger partial charge in [-0.05, 0) is 36.2 Å². The van der Waals surface area contributed by atoms with Gasteiger partial charge >= 0.3 is 6.18 Å². The lowest BCUT2D eigenvalue weighted by atomic mass is 10.1. The van der Waals surface area contributed by atoms with Crippen molar-refractivity contribution in [3.8, 4) is 0 Å². The van der Waals surface area contributed by atoms with Gasteiger partial charge in [0.2, 0.25) is 0 Å². The van der Waals surface area contributed by atoms with E-state index in [9.17, 15) is 13.2 Å². The maximum absolute atomic E-state index is 12.5. The lowest BCUT2D eigenvalue weighted by Gasteiger charge is -2.16. The van der Waals surface area contributed by atoms with Crippen molar-refractivity contribution in [1.82, 2.24) is 5.32 Å². The predicted molar refractivity (Wildman–Crippen MR) is 88.1 cm³/mol. The Morgan fingerprint density at radius 1 is 1.05 bits per heavy atom. The van der Waals surface area contributed by atoms with E-state index in [0.29, 0.717) is 6.54 Å². The predicted octanol–water partition coefficient (Wildman–Crippen LogP) is 5.74. The lowest BCUT2D eigenvalue weighted by molar-refractivity contribution is -0.137. The Morgan fingerprint density at radius 2 is 1.64 bits per heavy atom. The van der Waals surface area contributed by atoms with Gasteiger partial charge in [0.05, 0.1) is 5.56 Å². The highest BCUT2D eigenvalue weighted by molar-refractivity contribution is 9.10. The first-order valence-corrected chi connectivity index (χ1v) is 7.31. The van der Waals surface area contributed by atoms with E-state index in [1.54, 1.807) is 0 Å². The molecular formula is C16H16BrClF3N. The van der Waals surface area contributed by atoms with Crippen molar-refractivity contribution in [3.05, 3.63) is 69.7 Å². The molecule has 1 unspecified atom stereocenters. The summed E-state index contributed by atoms with van der Waals surface area (Å²) in [6, 6.07) is 13.2. The summed E-state index contributed by atoms with van der Waals surface area (Å²) in [5.41, 5.74) is 1.32. The highest BCUT2D eigenvalue weighted by atomic mass is 79.9. The summed E-state index contributed by atoms with van der Waals surface area (Å²) < 4.78 is 38.4. The van der Waals surface area contributed by atoms with Crippen LogP contribution < -0.4 is 5.32 Å². The third-order valence-corrected chi connectivity index (χ3v) is 3.99. The van der Waals surface area contributed by atoms with Crippen molar-refractivity contribution >= 4 is 28.3 Å². The zero-order valence-corrected chi connectivity index (χ0v) is 14.2. The molecular weight excluding hydrogens is 379 g/mol. The molecule has 0 radical (unpaired) electrons.